The van der Waals surface area contributed by atoms with Crippen molar-refractivity contribution < 1.29 is 14.3 Å². The molecule has 4 aliphatic carbocycles. The number of allylic oxidation sites excluding steroid dienone is 1. The highest BCUT2D eigenvalue weighted by Gasteiger charge is 2.58. The summed E-state index contributed by atoms with van der Waals surface area (Å²) in [5, 5.41) is 0. The maximum atomic E-state index is 12.7. The van der Waals surface area contributed by atoms with E-state index in [1.807, 2.05) is 0 Å². The maximum Gasteiger partial charge on any atom is 0.307 e. The van der Waals surface area contributed by atoms with E-state index in [9.17, 15) is 9.59 Å². The summed E-state index contributed by atoms with van der Waals surface area (Å²) in [6.45, 7) is 12.4. The highest BCUT2D eigenvalue weighted by Crippen LogP contribution is 2.64. The predicted molar refractivity (Wildman–Crippen MR) is 131 cm³/mol. The average Bonchev–Trinajstić information content (AvgIpc) is 3.06. The van der Waals surface area contributed by atoms with Crippen molar-refractivity contribution >= 4 is 11.8 Å². The number of nitrogens with zero attached hydrogens (tertiary/aromatic N) is 1. The van der Waals surface area contributed by atoms with Gasteiger partial charge in [-0.15, -0.1) is 0 Å². The zero-order valence-electron chi connectivity index (χ0n) is 21.5. The molecule has 3 saturated carbocycles. The number of ketones is 1. The van der Waals surface area contributed by atoms with E-state index in [-0.39, 0.29) is 22.9 Å². The summed E-state index contributed by atoms with van der Waals surface area (Å²) in [6, 6.07) is 0. The van der Waals surface area contributed by atoms with E-state index in [2.05, 4.69) is 38.7 Å². The highest BCUT2D eigenvalue weighted by molar-refractivity contribution is 5.87. The van der Waals surface area contributed by atoms with E-state index < -0.39 is 0 Å². The van der Waals surface area contributed by atoms with E-state index in [1.165, 1.54) is 19.3 Å². The first kappa shape index (κ1) is 23.6. The Morgan fingerprint density at radius 3 is 2.61 bits per heavy atom. The van der Waals surface area contributed by atoms with Gasteiger partial charge in [-0.3, -0.25) is 9.59 Å². The second-order valence-electron chi connectivity index (χ2n) is 13.3. The molecule has 0 N–H and O–H groups in total. The molecule has 5 rings (SSSR count). The molecule has 1 heterocycles. The number of rotatable bonds is 4. The van der Waals surface area contributed by atoms with Gasteiger partial charge in [0.05, 0.1) is 6.42 Å². The SMILES string of the molecule is CC1(C)CCCN(CCC(=O)OC2CC[C@@]3(C)C(=CCC4C3CC[C@]3(C)C(=O)CCC43)C2)C1. The first-order valence-electron chi connectivity index (χ1n) is 13.8. The zero-order valence-corrected chi connectivity index (χ0v) is 21.5. The van der Waals surface area contributed by atoms with Crippen LogP contribution in [0.5, 0.6) is 0 Å². The third-order valence-corrected chi connectivity index (χ3v) is 10.7. The van der Waals surface area contributed by atoms with Crippen LogP contribution in [0.15, 0.2) is 11.6 Å². The summed E-state index contributed by atoms with van der Waals surface area (Å²) < 4.78 is 6.01. The molecule has 0 radical (unpaired) electrons. The minimum absolute atomic E-state index is 0.0147. The third kappa shape index (κ3) is 4.23. The van der Waals surface area contributed by atoms with Crippen molar-refractivity contribution in [1.82, 2.24) is 4.90 Å². The minimum Gasteiger partial charge on any atom is -0.462 e. The van der Waals surface area contributed by atoms with Crippen LogP contribution in [0, 0.1) is 34.0 Å². The van der Waals surface area contributed by atoms with E-state index >= 15 is 0 Å². The molecule has 4 heteroatoms. The smallest absolute Gasteiger partial charge is 0.307 e. The highest BCUT2D eigenvalue weighted by atomic mass is 16.5. The van der Waals surface area contributed by atoms with Crippen LogP contribution in [0.1, 0.15) is 98.3 Å². The molecule has 0 amide bonds. The van der Waals surface area contributed by atoms with Crippen LogP contribution >= 0.6 is 0 Å². The van der Waals surface area contributed by atoms with E-state index in [0.29, 0.717) is 35.4 Å². The number of hydrogen-bond acceptors (Lipinski definition) is 4. The summed E-state index contributed by atoms with van der Waals surface area (Å²) in [5.41, 5.74) is 2.08. The number of esters is 1. The van der Waals surface area contributed by atoms with Crippen molar-refractivity contribution in [3.63, 3.8) is 0 Å². The molecule has 4 fully saturated rings. The molecular formula is C29H45NO3. The Hall–Kier alpha value is -1.16. The Balaban J connectivity index is 1.18. The lowest BCUT2D eigenvalue weighted by Gasteiger charge is -2.56. The molecule has 0 aromatic heterocycles. The van der Waals surface area contributed by atoms with Crippen LogP contribution in [-0.2, 0) is 14.3 Å². The van der Waals surface area contributed by atoms with Crippen LogP contribution in [-0.4, -0.2) is 42.4 Å². The van der Waals surface area contributed by atoms with Gasteiger partial charge in [-0.2, -0.15) is 0 Å². The fourth-order valence-corrected chi connectivity index (χ4v) is 8.73. The Morgan fingerprint density at radius 1 is 1.06 bits per heavy atom. The van der Waals surface area contributed by atoms with Crippen molar-refractivity contribution in [3.8, 4) is 0 Å². The van der Waals surface area contributed by atoms with Gasteiger partial charge in [-0.1, -0.05) is 39.3 Å². The lowest BCUT2D eigenvalue weighted by Crippen LogP contribution is -2.50. The first-order chi connectivity index (χ1) is 15.6. The van der Waals surface area contributed by atoms with Gasteiger partial charge >= 0.3 is 5.97 Å². The van der Waals surface area contributed by atoms with Crippen molar-refractivity contribution in [2.45, 2.75) is 104 Å². The van der Waals surface area contributed by atoms with E-state index in [1.54, 1.807) is 5.57 Å². The minimum atomic E-state index is -0.0564. The van der Waals surface area contributed by atoms with Crippen molar-refractivity contribution in [1.29, 1.82) is 0 Å². The van der Waals surface area contributed by atoms with Crippen LogP contribution in [0.2, 0.25) is 0 Å². The average molecular weight is 456 g/mol. The van der Waals surface area contributed by atoms with Crippen molar-refractivity contribution in [2.24, 2.45) is 34.0 Å². The van der Waals surface area contributed by atoms with Gasteiger partial charge in [0.25, 0.3) is 0 Å². The van der Waals surface area contributed by atoms with Gasteiger partial charge in [-0.05, 0) is 86.5 Å². The number of hydrogen-bond donors (Lipinski definition) is 0. The van der Waals surface area contributed by atoms with Crippen LogP contribution in [0.4, 0.5) is 0 Å². The zero-order chi connectivity index (χ0) is 23.4. The fourth-order valence-electron chi connectivity index (χ4n) is 8.73. The molecule has 4 unspecified atom stereocenters. The normalized spacial score (nSPS) is 42.7. The van der Waals surface area contributed by atoms with Crippen LogP contribution < -0.4 is 0 Å². The Morgan fingerprint density at radius 2 is 1.82 bits per heavy atom. The Labute approximate surface area is 200 Å². The number of carbonyl (C=O) groups is 2. The lowest BCUT2D eigenvalue weighted by atomic mass is 9.48. The molecule has 0 aromatic rings. The quantitative estimate of drug-likeness (QED) is 0.389. The third-order valence-electron chi connectivity index (χ3n) is 10.7. The van der Waals surface area contributed by atoms with Gasteiger partial charge < -0.3 is 9.64 Å². The maximum absolute atomic E-state index is 12.7. The van der Waals surface area contributed by atoms with Gasteiger partial charge in [0.2, 0.25) is 0 Å². The molecule has 184 valence electrons. The predicted octanol–water partition coefficient (Wildman–Crippen LogP) is 5.94. The molecule has 33 heavy (non-hydrogen) atoms. The number of likely N-dealkylation sites (tertiary alicyclic amines) is 1. The van der Waals surface area contributed by atoms with E-state index in [0.717, 1.165) is 64.6 Å². The Kier molecular flexibility index (Phi) is 6.07. The second kappa shape index (κ2) is 8.50. The summed E-state index contributed by atoms with van der Waals surface area (Å²) >= 11 is 0. The first-order valence-corrected chi connectivity index (χ1v) is 13.8. The number of piperidine rings is 1. The van der Waals surface area contributed by atoms with Gasteiger partial charge in [-0.25, -0.2) is 0 Å². The van der Waals surface area contributed by atoms with Gasteiger partial charge in [0.15, 0.2) is 0 Å². The molecule has 5 aliphatic rings. The largest absolute Gasteiger partial charge is 0.462 e. The number of Topliss-reactive ketones (excluding diaryl/α,β-unsaturated/α-hetero) is 1. The number of ether oxygens (including phenoxy) is 1. The number of fused-ring (bicyclic) bond motifs is 5. The summed E-state index contributed by atoms with van der Waals surface area (Å²) in [5.74, 6) is 2.44. The molecule has 4 nitrogen and oxygen atoms in total. The molecule has 0 spiro atoms. The topological polar surface area (TPSA) is 46.6 Å². The monoisotopic (exact) mass is 455 g/mol. The van der Waals surface area contributed by atoms with E-state index in [4.69, 9.17) is 4.74 Å². The number of carbonyl (C=O) groups excluding carboxylic acids is 2. The summed E-state index contributed by atoms with van der Waals surface area (Å²) in [7, 11) is 0. The fraction of sp³-hybridized carbons (Fsp3) is 0.862. The molecule has 1 saturated heterocycles. The summed E-state index contributed by atoms with van der Waals surface area (Å²) in [4.78, 5) is 27.7. The van der Waals surface area contributed by atoms with Crippen LogP contribution in [0.3, 0.4) is 0 Å². The van der Waals surface area contributed by atoms with Gasteiger partial charge in [0.1, 0.15) is 11.9 Å². The van der Waals surface area contributed by atoms with Crippen molar-refractivity contribution in [2.75, 3.05) is 19.6 Å². The molecule has 0 bridgehead atoms. The Bertz CT molecular complexity index is 831. The summed E-state index contributed by atoms with van der Waals surface area (Å²) in [6.07, 6.45) is 13.9. The van der Waals surface area contributed by atoms with Gasteiger partial charge in [0, 0.05) is 31.3 Å². The second-order valence-corrected chi connectivity index (χ2v) is 13.3. The lowest BCUT2D eigenvalue weighted by molar-refractivity contribution is -0.152. The molecular weight excluding hydrogens is 410 g/mol. The van der Waals surface area contributed by atoms with Crippen LogP contribution in [0.25, 0.3) is 0 Å². The molecule has 6 atom stereocenters. The molecule has 1 aliphatic heterocycles. The standard InChI is InChI=1S/C29H45NO3/c1-27(2)13-5-16-30(19-27)17-12-26(32)33-21-10-14-28(3)20(18-21)6-7-22-23-8-9-25(31)29(23,4)15-11-24(22)28/h6,21-24H,5,7-19H2,1-4H3/t21?,22?,23?,24?,28-,29-/m0/s1. The van der Waals surface area contributed by atoms with Crippen molar-refractivity contribution in [3.05, 3.63) is 11.6 Å². The molecule has 0 aromatic carbocycles.